The molecule has 0 aromatic heterocycles. The van der Waals surface area contributed by atoms with Gasteiger partial charge >= 0.3 is 0 Å². The molecule has 252 valence electrons. The third-order valence-corrected chi connectivity index (χ3v) is 8.13. The van der Waals surface area contributed by atoms with E-state index in [2.05, 4.69) is 41.9 Å². The Hall–Kier alpha value is -2.05. The molecule has 0 heterocycles. The first-order valence-corrected chi connectivity index (χ1v) is 18.3. The van der Waals surface area contributed by atoms with E-state index in [1.807, 2.05) is 0 Å². The van der Waals surface area contributed by atoms with E-state index < -0.39 is 6.04 Å². The Morgan fingerprint density at radius 2 is 1.05 bits per heavy atom. The van der Waals surface area contributed by atoms with Crippen molar-refractivity contribution >= 4 is 17.8 Å². The van der Waals surface area contributed by atoms with Crippen LogP contribution in [0.5, 0.6) is 0 Å². The zero-order chi connectivity index (χ0) is 31.6. The normalized spacial score (nSPS) is 12.0. The summed E-state index contributed by atoms with van der Waals surface area (Å²) in [5, 5.41) is 16.1. The fourth-order valence-corrected chi connectivity index (χ4v) is 5.37. The van der Waals surface area contributed by atoms with Gasteiger partial charge in [0.15, 0.2) is 5.96 Å². The molecule has 1 atom stereocenters. The van der Waals surface area contributed by atoms with Gasteiger partial charge in [-0.25, -0.2) is 0 Å². The van der Waals surface area contributed by atoms with E-state index in [9.17, 15) is 9.59 Å². The second kappa shape index (κ2) is 32.9. The van der Waals surface area contributed by atoms with E-state index >= 15 is 0 Å². The van der Waals surface area contributed by atoms with Gasteiger partial charge < -0.3 is 21.7 Å². The summed E-state index contributed by atoms with van der Waals surface area (Å²) in [4.78, 5) is 25.5. The summed E-state index contributed by atoms with van der Waals surface area (Å²) >= 11 is 0. The minimum absolute atomic E-state index is 0.0451. The number of hydrogen-bond donors (Lipinski definition) is 5. The number of guanidine groups is 1. The van der Waals surface area contributed by atoms with Crippen LogP contribution in [0.25, 0.3) is 0 Å². The van der Waals surface area contributed by atoms with Gasteiger partial charge in [0.1, 0.15) is 6.04 Å². The predicted molar refractivity (Wildman–Crippen MR) is 185 cm³/mol. The topological polar surface area (TPSA) is 120 Å². The summed E-state index contributed by atoms with van der Waals surface area (Å²) in [6.45, 7) is 5.68. The summed E-state index contributed by atoms with van der Waals surface area (Å²) in [7, 11) is 0. The lowest BCUT2D eigenvalue weighted by Crippen LogP contribution is -2.47. The third kappa shape index (κ3) is 31.2. The highest BCUT2D eigenvalue weighted by molar-refractivity contribution is 5.87. The Morgan fingerprint density at radius 1 is 0.605 bits per heavy atom. The van der Waals surface area contributed by atoms with Gasteiger partial charge in [-0.15, -0.1) is 0 Å². The summed E-state index contributed by atoms with van der Waals surface area (Å²) in [6, 6.07) is -0.535. The Balaban J connectivity index is 4.05. The molecule has 0 aromatic carbocycles. The van der Waals surface area contributed by atoms with E-state index in [0.717, 1.165) is 38.5 Å². The summed E-state index contributed by atoms with van der Waals surface area (Å²) in [5.41, 5.74) is 5.37. The summed E-state index contributed by atoms with van der Waals surface area (Å²) in [6.07, 6.45) is 35.0. The number of amides is 2. The molecule has 43 heavy (non-hydrogen) atoms. The zero-order valence-electron chi connectivity index (χ0n) is 28.4. The highest BCUT2D eigenvalue weighted by Gasteiger charge is 2.20. The lowest BCUT2D eigenvalue weighted by Gasteiger charge is -2.19. The quantitative estimate of drug-likeness (QED) is 0.0228. The zero-order valence-corrected chi connectivity index (χ0v) is 28.4. The van der Waals surface area contributed by atoms with Crippen molar-refractivity contribution in [3.8, 4) is 0 Å². The monoisotopic (exact) mass is 606 g/mol. The lowest BCUT2D eigenvalue weighted by molar-refractivity contribution is -0.129. The third-order valence-electron chi connectivity index (χ3n) is 8.13. The van der Waals surface area contributed by atoms with Crippen molar-refractivity contribution in [1.82, 2.24) is 16.0 Å². The number of carbonyl (C=O) groups excluding carboxylic acids is 2. The first-order chi connectivity index (χ1) is 21.0. The van der Waals surface area contributed by atoms with Gasteiger partial charge in [0.25, 0.3) is 0 Å². The van der Waals surface area contributed by atoms with Crippen LogP contribution in [0.4, 0.5) is 0 Å². The lowest BCUT2D eigenvalue weighted by atomic mass is 10.1. The van der Waals surface area contributed by atoms with Gasteiger partial charge in [-0.1, -0.05) is 135 Å². The number of unbranched alkanes of at least 4 members (excludes halogenated alkanes) is 20. The SMILES string of the molecule is CCCCCCCC/C=C/CCCCCCCC(=O)NC(CCCNC(=N)N)C(=O)NCCCCCCCCCCCC. The molecule has 0 spiro atoms. The van der Waals surface area contributed by atoms with Crippen LogP contribution in [-0.4, -0.2) is 36.9 Å². The van der Waals surface area contributed by atoms with Crippen molar-refractivity contribution in [3.63, 3.8) is 0 Å². The van der Waals surface area contributed by atoms with Crippen molar-refractivity contribution in [2.24, 2.45) is 5.73 Å². The Morgan fingerprint density at radius 3 is 1.56 bits per heavy atom. The number of nitrogens with one attached hydrogen (secondary N) is 4. The highest BCUT2D eigenvalue weighted by atomic mass is 16.2. The molecule has 0 aliphatic rings. The van der Waals surface area contributed by atoms with Gasteiger partial charge in [0, 0.05) is 19.5 Å². The molecular weight excluding hydrogens is 534 g/mol. The van der Waals surface area contributed by atoms with Crippen LogP contribution >= 0.6 is 0 Å². The van der Waals surface area contributed by atoms with Crippen molar-refractivity contribution in [2.45, 2.75) is 187 Å². The average Bonchev–Trinajstić information content (AvgIpc) is 2.99. The number of nitrogens with two attached hydrogens (primary N) is 1. The van der Waals surface area contributed by atoms with Gasteiger partial charge in [0.05, 0.1) is 0 Å². The molecule has 0 rings (SSSR count). The molecule has 2 amide bonds. The molecule has 0 aliphatic heterocycles. The maximum atomic E-state index is 12.9. The van der Waals surface area contributed by atoms with Gasteiger partial charge in [-0.2, -0.15) is 0 Å². The van der Waals surface area contributed by atoms with E-state index in [1.165, 1.54) is 109 Å². The van der Waals surface area contributed by atoms with E-state index in [0.29, 0.717) is 32.4 Å². The fourth-order valence-electron chi connectivity index (χ4n) is 5.37. The summed E-state index contributed by atoms with van der Waals surface area (Å²) < 4.78 is 0. The summed E-state index contributed by atoms with van der Waals surface area (Å²) in [5.74, 6) is -0.219. The minimum Gasteiger partial charge on any atom is -0.370 e. The first kappa shape index (κ1) is 41.0. The van der Waals surface area contributed by atoms with Crippen LogP contribution in [-0.2, 0) is 9.59 Å². The van der Waals surface area contributed by atoms with Gasteiger partial charge in [0.2, 0.25) is 11.8 Å². The molecule has 7 nitrogen and oxygen atoms in total. The van der Waals surface area contributed by atoms with Crippen LogP contribution < -0.4 is 21.7 Å². The van der Waals surface area contributed by atoms with Crippen molar-refractivity contribution in [3.05, 3.63) is 12.2 Å². The second-order valence-corrected chi connectivity index (χ2v) is 12.4. The van der Waals surface area contributed by atoms with Crippen molar-refractivity contribution in [1.29, 1.82) is 5.41 Å². The predicted octanol–water partition coefficient (Wildman–Crippen LogP) is 8.81. The molecule has 1 unspecified atom stereocenters. The Labute approximate surface area is 266 Å². The highest BCUT2D eigenvalue weighted by Crippen LogP contribution is 2.12. The fraction of sp³-hybridized carbons (Fsp3) is 0.861. The van der Waals surface area contributed by atoms with Crippen LogP contribution in [0, 0.1) is 5.41 Å². The van der Waals surface area contributed by atoms with E-state index in [4.69, 9.17) is 11.1 Å². The smallest absolute Gasteiger partial charge is 0.242 e. The number of allylic oxidation sites excluding steroid dienone is 2. The molecule has 6 N–H and O–H groups in total. The number of hydrogen-bond acceptors (Lipinski definition) is 3. The van der Waals surface area contributed by atoms with Crippen LogP contribution in [0.2, 0.25) is 0 Å². The molecule has 0 aliphatic carbocycles. The molecule has 7 heteroatoms. The van der Waals surface area contributed by atoms with Gasteiger partial charge in [-0.3, -0.25) is 15.0 Å². The maximum absolute atomic E-state index is 12.9. The number of rotatable bonds is 32. The Bertz CT molecular complexity index is 683. The molecule has 0 fully saturated rings. The largest absolute Gasteiger partial charge is 0.370 e. The average molecular weight is 606 g/mol. The van der Waals surface area contributed by atoms with Crippen LogP contribution in [0.3, 0.4) is 0 Å². The van der Waals surface area contributed by atoms with E-state index in [-0.39, 0.29) is 17.8 Å². The second-order valence-electron chi connectivity index (χ2n) is 12.4. The first-order valence-electron chi connectivity index (χ1n) is 18.3. The molecule has 0 radical (unpaired) electrons. The standard InChI is InChI=1S/C36H71N5O2/c1-3-5-7-9-11-13-15-16-17-18-19-20-22-24-26-30-34(42)41-33(29-28-32-40-36(37)38)35(43)39-31-27-25-23-21-14-12-10-8-6-4-2/h16-17,33H,3-15,18-32H2,1-2H3,(H,39,43)(H,41,42)(H4,37,38,40)/b17-16+. The van der Waals surface area contributed by atoms with Crippen molar-refractivity contribution in [2.75, 3.05) is 13.1 Å². The molecule has 0 aromatic rings. The molecule has 0 saturated carbocycles. The molecule has 0 bridgehead atoms. The molecular formula is C36H71N5O2. The molecule has 0 saturated heterocycles. The van der Waals surface area contributed by atoms with Crippen molar-refractivity contribution < 1.29 is 9.59 Å². The van der Waals surface area contributed by atoms with E-state index in [1.54, 1.807) is 0 Å². The van der Waals surface area contributed by atoms with Gasteiger partial charge in [-0.05, 0) is 51.4 Å². The maximum Gasteiger partial charge on any atom is 0.242 e. The minimum atomic E-state index is -0.535. The number of carbonyl (C=O) groups is 2. The Kier molecular flexibility index (Phi) is 31.3. The van der Waals surface area contributed by atoms with Crippen LogP contribution in [0.1, 0.15) is 181 Å². The van der Waals surface area contributed by atoms with Crippen LogP contribution in [0.15, 0.2) is 12.2 Å².